The maximum atomic E-state index is 12.5. The summed E-state index contributed by atoms with van der Waals surface area (Å²) in [5.74, 6) is 0.259. The lowest BCUT2D eigenvalue weighted by Crippen LogP contribution is -2.48. The van der Waals surface area contributed by atoms with E-state index in [0.717, 1.165) is 32.7 Å². The number of amides is 1. The van der Waals surface area contributed by atoms with Crippen LogP contribution in [0.15, 0.2) is 48.5 Å². The lowest BCUT2D eigenvalue weighted by Gasteiger charge is -2.34. The maximum Gasteiger partial charge on any atom is 0.387 e. The molecule has 1 aliphatic heterocycles. The molecule has 1 fully saturated rings. The topological polar surface area (TPSA) is 44.8 Å². The number of halogens is 2. The zero-order valence-corrected chi connectivity index (χ0v) is 17.5. The fourth-order valence-electron chi connectivity index (χ4n) is 3.53. The molecule has 2 aromatic rings. The second-order valence-electron chi connectivity index (χ2n) is 7.87. The van der Waals surface area contributed by atoms with Gasteiger partial charge in [-0.15, -0.1) is 0 Å². The van der Waals surface area contributed by atoms with Gasteiger partial charge in [0, 0.05) is 32.7 Å². The molecule has 1 aliphatic rings. The third-order valence-corrected chi connectivity index (χ3v) is 5.26. The first-order valence-corrected chi connectivity index (χ1v) is 10.3. The Morgan fingerprint density at radius 2 is 1.63 bits per heavy atom. The Morgan fingerprint density at radius 3 is 2.27 bits per heavy atom. The summed E-state index contributed by atoms with van der Waals surface area (Å²) in [6.07, 6.45) is 0. The van der Waals surface area contributed by atoms with Gasteiger partial charge in [0.1, 0.15) is 5.75 Å². The zero-order chi connectivity index (χ0) is 21.5. The van der Waals surface area contributed by atoms with E-state index in [4.69, 9.17) is 0 Å². The highest BCUT2D eigenvalue weighted by atomic mass is 19.3. The van der Waals surface area contributed by atoms with Crippen molar-refractivity contribution in [2.24, 2.45) is 0 Å². The minimum atomic E-state index is -2.93. The van der Waals surface area contributed by atoms with Crippen LogP contribution in [0.2, 0.25) is 0 Å². The fraction of sp³-hybridized carbons (Fsp3) is 0.435. The highest BCUT2D eigenvalue weighted by Crippen LogP contribution is 2.25. The minimum Gasteiger partial charge on any atom is -0.433 e. The molecule has 0 radical (unpaired) electrons. The molecular formula is C23H29F2N3O2. The maximum absolute atomic E-state index is 12.5. The standard InChI is InChI=1S/C23H29F2N3O2/c1-17(2)19-9-7-18(8-10-19)15-27-11-13-28(14-12-27)16-22(29)26-20-5-3-4-6-21(20)30-23(24)25/h3-10,17,23H,11-16H2,1-2H3,(H,26,29). The quantitative estimate of drug-likeness (QED) is 0.700. The van der Waals surface area contributed by atoms with Gasteiger partial charge in [-0.25, -0.2) is 0 Å². The SMILES string of the molecule is CC(C)c1ccc(CN2CCN(CC(=O)Nc3ccccc3OC(F)F)CC2)cc1. The van der Waals surface area contributed by atoms with Crippen LogP contribution in [0.5, 0.6) is 5.75 Å². The van der Waals surface area contributed by atoms with Crippen LogP contribution in [-0.4, -0.2) is 55.0 Å². The highest BCUT2D eigenvalue weighted by Gasteiger charge is 2.20. The van der Waals surface area contributed by atoms with E-state index in [0.29, 0.717) is 5.92 Å². The second kappa shape index (κ2) is 10.5. The van der Waals surface area contributed by atoms with E-state index in [1.807, 2.05) is 0 Å². The summed E-state index contributed by atoms with van der Waals surface area (Å²) in [6.45, 7) is 5.89. The molecule has 7 heteroatoms. The summed E-state index contributed by atoms with van der Waals surface area (Å²) < 4.78 is 29.5. The molecule has 0 aliphatic carbocycles. The van der Waals surface area contributed by atoms with Gasteiger partial charge in [-0.05, 0) is 29.2 Å². The summed E-state index contributed by atoms with van der Waals surface area (Å²) in [5.41, 5.74) is 2.89. The van der Waals surface area contributed by atoms with Crippen LogP contribution in [0.25, 0.3) is 0 Å². The van der Waals surface area contributed by atoms with Crippen LogP contribution in [-0.2, 0) is 11.3 Å². The van der Waals surface area contributed by atoms with Gasteiger partial charge in [0.05, 0.1) is 12.2 Å². The number of piperazine rings is 1. The average molecular weight is 418 g/mol. The van der Waals surface area contributed by atoms with Crippen molar-refractivity contribution >= 4 is 11.6 Å². The average Bonchev–Trinajstić information content (AvgIpc) is 2.71. The van der Waals surface area contributed by atoms with Crippen LogP contribution in [0.4, 0.5) is 14.5 Å². The van der Waals surface area contributed by atoms with Crippen LogP contribution in [0, 0.1) is 0 Å². The lowest BCUT2D eigenvalue weighted by atomic mass is 10.0. The van der Waals surface area contributed by atoms with Crippen LogP contribution >= 0.6 is 0 Å². The molecule has 0 saturated carbocycles. The molecule has 5 nitrogen and oxygen atoms in total. The Balaban J connectivity index is 1.45. The van der Waals surface area contributed by atoms with Crippen molar-refractivity contribution in [2.75, 3.05) is 38.0 Å². The van der Waals surface area contributed by atoms with Gasteiger partial charge in [0.25, 0.3) is 0 Å². The van der Waals surface area contributed by atoms with Gasteiger partial charge >= 0.3 is 6.61 Å². The zero-order valence-electron chi connectivity index (χ0n) is 17.5. The molecule has 30 heavy (non-hydrogen) atoms. The molecule has 0 spiro atoms. The molecule has 1 amide bonds. The fourth-order valence-corrected chi connectivity index (χ4v) is 3.53. The van der Waals surface area contributed by atoms with E-state index >= 15 is 0 Å². The number of hydrogen-bond acceptors (Lipinski definition) is 4. The number of ether oxygens (including phenoxy) is 1. The van der Waals surface area contributed by atoms with Gasteiger partial charge < -0.3 is 10.1 Å². The molecule has 0 unspecified atom stereocenters. The van der Waals surface area contributed by atoms with E-state index in [1.165, 1.54) is 17.2 Å². The number of nitrogens with zero attached hydrogens (tertiary/aromatic N) is 2. The minimum absolute atomic E-state index is 0.0332. The largest absolute Gasteiger partial charge is 0.433 e. The third kappa shape index (κ3) is 6.50. The van der Waals surface area contributed by atoms with Crippen molar-refractivity contribution in [1.82, 2.24) is 9.80 Å². The number of anilines is 1. The number of alkyl halides is 2. The smallest absolute Gasteiger partial charge is 0.387 e. The van der Waals surface area contributed by atoms with Crippen molar-refractivity contribution in [1.29, 1.82) is 0 Å². The number of carbonyl (C=O) groups is 1. The van der Waals surface area contributed by atoms with Crippen LogP contribution < -0.4 is 10.1 Å². The van der Waals surface area contributed by atoms with Crippen molar-refractivity contribution in [2.45, 2.75) is 32.9 Å². The predicted molar refractivity (Wildman–Crippen MR) is 114 cm³/mol. The first kappa shape index (κ1) is 22.2. The monoisotopic (exact) mass is 417 g/mol. The van der Waals surface area contributed by atoms with Crippen molar-refractivity contribution in [3.63, 3.8) is 0 Å². The van der Waals surface area contributed by atoms with Crippen LogP contribution in [0.1, 0.15) is 30.9 Å². The van der Waals surface area contributed by atoms with Crippen molar-refractivity contribution in [3.05, 3.63) is 59.7 Å². The van der Waals surface area contributed by atoms with Crippen LogP contribution in [0.3, 0.4) is 0 Å². The number of rotatable bonds is 8. The number of hydrogen-bond donors (Lipinski definition) is 1. The third-order valence-electron chi connectivity index (χ3n) is 5.26. The molecule has 0 bridgehead atoms. The van der Waals surface area contributed by atoms with E-state index in [2.05, 4.69) is 58.0 Å². The van der Waals surface area contributed by atoms with Gasteiger partial charge in [0.15, 0.2) is 0 Å². The predicted octanol–water partition coefficient (Wildman–Crippen LogP) is 4.17. The highest BCUT2D eigenvalue weighted by molar-refractivity contribution is 5.93. The molecule has 0 atom stereocenters. The molecule has 162 valence electrons. The first-order chi connectivity index (χ1) is 14.4. The van der Waals surface area contributed by atoms with Crippen molar-refractivity contribution in [3.8, 4) is 5.75 Å². The molecule has 1 saturated heterocycles. The van der Waals surface area contributed by atoms with E-state index in [-0.39, 0.29) is 23.9 Å². The lowest BCUT2D eigenvalue weighted by molar-refractivity contribution is -0.117. The number of benzene rings is 2. The molecule has 1 N–H and O–H groups in total. The molecule has 2 aromatic carbocycles. The summed E-state index contributed by atoms with van der Waals surface area (Å²) in [5, 5.41) is 2.68. The van der Waals surface area contributed by atoms with Gasteiger partial charge in [-0.1, -0.05) is 50.2 Å². The number of para-hydroxylation sites is 2. The van der Waals surface area contributed by atoms with E-state index < -0.39 is 6.61 Å². The molecule has 0 aromatic heterocycles. The van der Waals surface area contributed by atoms with E-state index in [9.17, 15) is 13.6 Å². The van der Waals surface area contributed by atoms with Gasteiger partial charge in [-0.3, -0.25) is 14.6 Å². The normalized spacial score (nSPS) is 15.5. The Hall–Kier alpha value is -2.51. The van der Waals surface area contributed by atoms with E-state index in [1.54, 1.807) is 18.2 Å². The summed E-state index contributed by atoms with van der Waals surface area (Å²) >= 11 is 0. The Kier molecular flexibility index (Phi) is 7.76. The Morgan fingerprint density at radius 1 is 1.00 bits per heavy atom. The number of carbonyl (C=O) groups excluding carboxylic acids is 1. The summed E-state index contributed by atoms with van der Waals surface area (Å²) in [4.78, 5) is 16.8. The Labute approximate surface area is 176 Å². The Bertz CT molecular complexity index is 819. The van der Waals surface area contributed by atoms with Crippen molar-refractivity contribution < 1.29 is 18.3 Å². The second-order valence-corrected chi connectivity index (χ2v) is 7.87. The molecular weight excluding hydrogens is 388 g/mol. The first-order valence-electron chi connectivity index (χ1n) is 10.3. The van der Waals surface area contributed by atoms with Gasteiger partial charge in [0.2, 0.25) is 5.91 Å². The molecule has 3 rings (SSSR count). The number of nitrogens with one attached hydrogen (secondary N) is 1. The molecule has 1 heterocycles. The van der Waals surface area contributed by atoms with Gasteiger partial charge in [-0.2, -0.15) is 8.78 Å². The summed E-state index contributed by atoms with van der Waals surface area (Å²) in [7, 11) is 0. The summed E-state index contributed by atoms with van der Waals surface area (Å²) in [6, 6.07) is 15.0.